The molecule has 0 saturated heterocycles. The van der Waals surface area contributed by atoms with E-state index in [1.165, 1.54) is 18.3 Å². The molecule has 0 unspecified atom stereocenters. The first-order valence-electron chi connectivity index (χ1n) is 4.57. The average molecular weight is 230 g/mol. The van der Waals surface area contributed by atoms with Crippen molar-refractivity contribution in [1.29, 1.82) is 5.26 Å². The predicted molar refractivity (Wildman–Crippen MR) is 49.7 cm³/mol. The molecule has 1 aromatic heterocycles. The molecule has 0 amide bonds. The molecule has 1 heterocycles. The van der Waals surface area contributed by atoms with Gasteiger partial charge in [0.2, 0.25) is 0 Å². The van der Waals surface area contributed by atoms with Gasteiger partial charge in [0, 0.05) is 6.42 Å². The lowest BCUT2D eigenvalue weighted by atomic mass is 10.3. The fraction of sp³-hybridized carbons (Fsp3) is 0.400. The fourth-order valence-electron chi connectivity index (χ4n) is 0.994. The molecule has 0 fully saturated rings. The molecule has 0 radical (unpaired) electrons. The summed E-state index contributed by atoms with van der Waals surface area (Å²) in [5.41, 5.74) is 0.239. The number of alkyl halides is 3. The maximum atomic E-state index is 11.8. The van der Waals surface area contributed by atoms with Gasteiger partial charge in [-0.3, -0.25) is 0 Å². The highest BCUT2D eigenvalue weighted by Gasteiger charge is 2.26. The summed E-state index contributed by atoms with van der Waals surface area (Å²) >= 11 is 0. The molecule has 1 rings (SSSR count). The van der Waals surface area contributed by atoms with Crippen LogP contribution in [0.4, 0.5) is 13.2 Å². The Labute approximate surface area is 90.5 Å². The number of ether oxygens (including phenoxy) is 1. The van der Waals surface area contributed by atoms with E-state index in [1.807, 2.05) is 6.07 Å². The Kier molecular flexibility index (Phi) is 4.11. The van der Waals surface area contributed by atoms with Crippen LogP contribution in [-0.2, 0) is 0 Å². The lowest BCUT2D eigenvalue weighted by Gasteiger charge is -2.07. The Balaban J connectivity index is 2.30. The molecule has 0 aliphatic carbocycles. The minimum atomic E-state index is -4.15. The van der Waals surface area contributed by atoms with Gasteiger partial charge in [-0.2, -0.15) is 18.4 Å². The first kappa shape index (κ1) is 12.3. The van der Waals surface area contributed by atoms with Gasteiger partial charge in [-0.25, -0.2) is 4.98 Å². The molecular weight excluding hydrogens is 221 g/mol. The van der Waals surface area contributed by atoms with E-state index in [0.717, 1.165) is 0 Å². The molecular formula is C10H9F3N2O. The largest absolute Gasteiger partial charge is 0.492 e. The third-order valence-corrected chi connectivity index (χ3v) is 1.72. The fourth-order valence-corrected chi connectivity index (χ4v) is 0.994. The van der Waals surface area contributed by atoms with E-state index in [1.54, 1.807) is 0 Å². The van der Waals surface area contributed by atoms with Crippen LogP contribution in [0.3, 0.4) is 0 Å². The van der Waals surface area contributed by atoms with Gasteiger partial charge >= 0.3 is 6.18 Å². The van der Waals surface area contributed by atoms with Gasteiger partial charge in [0.15, 0.2) is 0 Å². The first-order chi connectivity index (χ1) is 7.51. The number of hydrogen-bond acceptors (Lipinski definition) is 3. The van der Waals surface area contributed by atoms with Crippen molar-refractivity contribution in [2.24, 2.45) is 0 Å². The summed E-state index contributed by atoms with van der Waals surface area (Å²) < 4.78 is 40.4. The van der Waals surface area contributed by atoms with Crippen molar-refractivity contribution in [3.8, 4) is 11.8 Å². The molecule has 86 valence electrons. The van der Waals surface area contributed by atoms with Gasteiger partial charge in [0.1, 0.15) is 17.5 Å². The third-order valence-electron chi connectivity index (χ3n) is 1.72. The highest BCUT2D eigenvalue weighted by atomic mass is 19.4. The van der Waals surface area contributed by atoms with Gasteiger partial charge in [-0.1, -0.05) is 0 Å². The van der Waals surface area contributed by atoms with Crippen molar-refractivity contribution in [3.63, 3.8) is 0 Å². The van der Waals surface area contributed by atoms with Gasteiger partial charge in [-0.05, 0) is 18.6 Å². The summed E-state index contributed by atoms with van der Waals surface area (Å²) in [7, 11) is 0. The quantitative estimate of drug-likeness (QED) is 0.747. The highest BCUT2D eigenvalue weighted by molar-refractivity contribution is 5.26. The van der Waals surface area contributed by atoms with Gasteiger partial charge in [-0.15, -0.1) is 0 Å². The number of pyridine rings is 1. The number of nitrogens with zero attached hydrogens (tertiary/aromatic N) is 2. The zero-order valence-corrected chi connectivity index (χ0v) is 8.29. The van der Waals surface area contributed by atoms with Crippen LogP contribution >= 0.6 is 0 Å². The van der Waals surface area contributed by atoms with Crippen LogP contribution < -0.4 is 4.74 Å². The Morgan fingerprint density at radius 1 is 1.38 bits per heavy atom. The molecule has 0 spiro atoms. The average Bonchev–Trinajstić information content (AvgIpc) is 2.24. The Morgan fingerprint density at radius 3 is 2.62 bits per heavy atom. The maximum Gasteiger partial charge on any atom is 0.389 e. The zero-order valence-electron chi connectivity index (χ0n) is 8.29. The maximum absolute atomic E-state index is 11.8. The lowest BCUT2D eigenvalue weighted by Crippen LogP contribution is -2.09. The summed E-state index contributed by atoms with van der Waals surface area (Å²) in [6.45, 7) is -0.0207. The number of hydrogen-bond donors (Lipinski definition) is 0. The van der Waals surface area contributed by atoms with Crippen molar-refractivity contribution in [1.82, 2.24) is 4.98 Å². The summed E-state index contributed by atoms with van der Waals surface area (Å²) in [5, 5.41) is 8.45. The van der Waals surface area contributed by atoms with Crippen LogP contribution in [0.2, 0.25) is 0 Å². The second kappa shape index (κ2) is 5.35. The monoisotopic (exact) mass is 230 g/mol. The molecule has 0 N–H and O–H groups in total. The van der Waals surface area contributed by atoms with Gasteiger partial charge in [0.05, 0.1) is 12.8 Å². The van der Waals surface area contributed by atoms with Crippen molar-refractivity contribution < 1.29 is 17.9 Å². The van der Waals surface area contributed by atoms with E-state index < -0.39 is 12.6 Å². The van der Waals surface area contributed by atoms with Crippen LogP contribution in [0.15, 0.2) is 18.3 Å². The van der Waals surface area contributed by atoms with Crippen molar-refractivity contribution in [3.05, 3.63) is 24.0 Å². The van der Waals surface area contributed by atoms with E-state index in [2.05, 4.69) is 4.98 Å². The molecule has 0 saturated carbocycles. The Bertz CT molecular complexity index is 367. The standard InChI is InChI=1S/C10H9F3N2O/c11-10(12,13)4-1-5-16-9-3-2-8(6-14)15-7-9/h2-3,7H,1,4-5H2. The molecule has 0 atom stereocenters. The van der Waals surface area contributed by atoms with Crippen LogP contribution in [0.5, 0.6) is 5.75 Å². The molecule has 6 heteroatoms. The molecule has 16 heavy (non-hydrogen) atoms. The second-order valence-electron chi connectivity index (χ2n) is 3.06. The molecule has 0 bridgehead atoms. The zero-order chi connectivity index (χ0) is 12.0. The van der Waals surface area contributed by atoms with Gasteiger partial charge in [0.25, 0.3) is 0 Å². The second-order valence-corrected chi connectivity index (χ2v) is 3.06. The van der Waals surface area contributed by atoms with E-state index in [9.17, 15) is 13.2 Å². The smallest absolute Gasteiger partial charge is 0.389 e. The Hall–Kier alpha value is -1.77. The lowest BCUT2D eigenvalue weighted by molar-refractivity contribution is -0.136. The molecule has 0 aliphatic rings. The van der Waals surface area contributed by atoms with Crippen LogP contribution in [0.1, 0.15) is 18.5 Å². The van der Waals surface area contributed by atoms with Crippen molar-refractivity contribution in [2.45, 2.75) is 19.0 Å². The first-order valence-corrected chi connectivity index (χ1v) is 4.57. The van der Waals surface area contributed by atoms with Crippen LogP contribution in [0, 0.1) is 11.3 Å². The third kappa shape index (κ3) is 4.64. The SMILES string of the molecule is N#Cc1ccc(OCCCC(F)(F)F)cn1. The molecule has 0 aromatic carbocycles. The van der Waals surface area contributed by atoms with Gasteiger partial charge < -0.3 is 4.74 Å². The summed E-state index contributed by atoms with van der Waals surface area (Å²) in [5.74, 6) is 0.362. The number of rotatable bonds is 4. The molecule has 3 nitrogen and oxygen atoms in total. The minimum absolute atomic E-state index is 0.0207. The topological polar surface area (TPSA) is 45.9 Å². The molecule has 1 aromatic rings. The summed E-state index contributed by atoms with van der Waals surface area (Å²) in [6.07, 6.45) is -3.79. The normalized spacial score (nSPS) is 10.9. The predicted octanol–water partition coefficient (Wildman–Crippen LogP) is 2.67. The van der Waals surface area contributed by atoms with Crippen molar-refractivity contribution in [2.75, 3.05) is 6.61 Å². The van der Waals surface area contributed by atoms with Crippen LogP contribution in [-0.4, -0.2) is 17.8 Å². The number of aromatic nitrogens is 1. The number of halogens is 3. The Morgan fingerprint density at radius 2 is 2.12 bits per heavy atom. The van der Waals surface area contributed by atoms with E-state index in [4.69, 9.17) is 10.00 Å². The summed E-state index contributed by atoms with van der Waals surface area (Å²) in [4.78, 5) is 3.72. The number of nitriles is 1. The van der Waals surface area contributed by atoms with E-state index >= 15 is 0 Å². The molecule has 0 aliphatic heterocycles. The van der Waals surface area contributed by atoms with E-state index in [-0.39, 0.29) is 18.7 Å². The van der Waals surface area contributed by atoms with Crippen molar-refractivity contribution >= 4 is 0 Å². The minimum Gasteiger partial charge on any atom is -0.492 e. The highest BCUT2D eigenvalue weighted by Crippen LogP contribution is 2.21. The van der Waals surface area contributed by atoms with Crippen LogP contribution in [0.25, 0.3) is 0 Å². The summed E-state index contributed by atoms with van der Waals surface area (Å²) in [6, 6.07) is 4.77. The van der Waals surface area contributed by atoms with E-state index in [0.29, 0.717) is 5.75 Å².